The highest BCUT2D eigenvalue weighted by molar-refractivity contribution is 14.0. The molecule has 0 unspecified atom stereocenters. The van der Waals surface area contributed by atoms with Crippen molar-refractivity contribution >= 4 is 36.0 Å². The van der Waals surface area contributed by atoms with Gasteiger partial charge in [-0.3, -0.25) is 4.99 Å². The Morgan fingerprint density at radius 1 is 0.966 bits per heavy atom. The number of alkyl carbamates (subject to hydrolysis) is 1. The lowest BCUT2D eigenvalue weighted by atomic mass is 10.1. The molecule has 0 fully saturated rings. The summed E-state index contributed by atoms with van der Waals surface area (Å²) in [5, 5.41) is 9.53. The first kappa shape index (κ1) is 30.4. The predicted molar refractivity (Wildman–Crippen MR) is 134 cm³/mol. The van der Waals surface area contributed by atoms with Gasteiger partial charge in [-0.05, 0) is 75.0 Å². The van der Waals surface area contributed by atoms with Crippen LogP contribution in [-0.4, -0.2) is 68.4 Å². The number of ether oxygens (including phenoxy) is 1. The molecule has 1 amide bonds. The van der Waals surface area contributed by atoms with Crippen molar-refractivity contribution in [2.24, 2.45) is 4.99 Å². The molecule has 0 saturated heterocycles. The lowest BCUT2D eigenvalue weighted by Crippen LogP contribution is -2.49. The Balaban J connectivity index is 0. The van der Waals surface area contributed by atoms with Crippen molar-refractivity contribution < 1.29 is 9.53 Å². The van der Waals surface area contributed by atoms with Gasteiger partial charge in [0.25, 0.3) is 0 Å². The molecule has 0 aliphatic carbocycles. The minimum atomic E-state index is -0.508. The van der Waals surface area contributed by atoms with Crippen molar-refractivity contribution in [3.8, 4) is 0 Å². The molecular weight excluding hydrogens is 481 g/mol. The molecule has 0 aliphatic rings. The molecule has 0 bridgehead atoms. The lowest BCUT2D eigenvalue weighted by molar-refractivity contribution is 0.0476. The van der Waals surface area contributed by atoms with E-state index < -0.39 is 17.2 Å². The van der Waals surface area contributed by atoms with Crippen LogP contribution in [0, 0.1) is 0 Å². The van der Waals surface area contributed by atoms with Gasteiger partial charge < -0.3 is 25.6 Å². The van der Waals surface area contributed by atoms with Gasteiger partial charge in [0, 0.05) is 13.1 Å². The van der Waals surface area contributed by atoms with Gasteiger partial charge in [0.05, 0.1) is 12.1 Å². The fraction of sp³-hybridized carbons (Fsp3) is 0.905. The number of halogens is 1. The Hall–Kier alpha value is -0.770. The summed E-state index contributed by atoms with van der Waals surface area (Å²) in [6, 6.07) is 0. The van der Waals surface area contributed by atoms with E-state index in [0.717, 1.165) is 25.5 Å². The highest BCUT2D eigenvalue weighted by Gasteiger charge is 2.24. The summed E-state index contributed by atoms with van der Waals surface area (Å²) in [6.07, 6.45) is 5.77. The summed E-state index contributed by atoms with van der Waals surface area (Å²) in [4.78, 5) is 18.8. The van der Waals surface area contributed by atoms with E-state index in [1.165, 1.54) is 32.2 Å². The Morgan fingerprint density at radius 2 is 1.55 bits per heavy atom. The van der Waals surface area contributed by atoms with Crippen molar-refractivity contribution in [1.29, 1.82) is 0 Å². The highest BCUT2D eigenvalue weighted by atomic mass is 127. The van der Waals surface area contributed by atoms with Gasteiger partial charge in [0.2, 0.25) is 0 Å². The summed E-state index contributed by atoms with van der Waals surface area (Å²) in [5.74, 6) is 0.786. The van der Waals surface area contributed by atoms with Crippen molar-refractivity contribution in [3.05, 3.63) is 0 Å². The lowest BCUT2D eigenvalue weighted by Gasteiger charge is -2.27. The monoisotopic (exact) mass is 527 g/mol. The minimum Gasteiger partial charge on any atom is -0.444 e. The molecule has 0 heterocycles. The van der Waals surface area contributed by atoms with E-state index in [1.807, 2.05) is 41.5 Å². The largest absolute Gasteiger partial charge is 0.444 e. The molecule has 174 valence electrons. The second-order valence-electron chi connectivity index (χ2n) is 9.20. The van der Waals surface area contributed by atoms with E-state index in [1.54, 1.807) is 0 Å². The SMILES string of the molecule is CCNC(=NCC(C)(C)NC(=O)OC(C)(C)C)NCCCCCCCN(C)C.I. The van der Waals surface area contributed by atoms with Crippen LogP contribution in [0.15, 0.2) is 4.99 Å². The number of aliphatic imine (C=N–C) groups is 1. The van der Waals surface area contributed by atoms with E-state index in [2.05, 4.69) is 39.9 Å². The zero-order chi connectivity index (χ0) is 21.6. The fourth-order valence-electron chi connectivity index (χ4n) is 2.53. The number of guanidine groups is 1. The van der Waals surface area contributed by atoms with Crippen molar-refractivity contribution in [2.45, 2.75) is 84.8 Å². The Bertz CT molecular complexity index is 462. The van der Waals surface area contributed by atoms with Gasteiger partial charge in [0.15, 0.2) is 5.96 Å². The fourth-order valence-corrected chi connectivity index (χ4v) is 2.53. The van der Waals surface area contributed by atoms with Crippen LogP contribution < -0.4 is 16.0 Å². The maximum atomic E-state index is 12.0. The number of nitrogens with zero attached hydrogens (tertiary/aromatic N) is 2. The van der Waals surface area contributed by atoms with E-state index in [9.17, 15) is 4.79 Å². The molecule has 0 aromatic rings. The van der Waals surface area contributed by atoms with Crippen molar-refractivity contribution in [2.75, 3.05) is 40.3 Å². The number of carbonyl (C=O) groups is 1. The number of rotatable bonds is 12. The van der Waals surface area contributed by atoms with Gasteiger partial charge in [-0.25, -0.2) is 4.79 Å². The van der Waals surface area contributed by atoms with Crippen LogP contribution in [0.1, 0.15) is 73.6 Å². The topological polar surface area (TPSA) is 78.0 Å². The Labute approximate surface area is 196 Å². The van der Waals surface area contributed by atoms with Crippen LogP contribution in [0.3, 0.4) is 0 Å². The summed E-state index contributed by atoms with van der Waals surface area (Å²) in [6.45, 7) is 14.8. The molecule has 3 N–H and O–H groups in total. The molecule has 0 aromatic heterocycles. The van der Waals surface area contributed by atoms with Crippen LogP contribution in [-0.2, 0) is 4.74 Å². The first-order valence-electron chi connectivity index (χ1n) is 10.6. The highest BCUT2D eigenvalue weighted by Crippen LogP contribution is 2.10. The number of hydrogen-bond acceptors (Lipinski definition) is 4. The molecule has 0 aliphatic heterocycles. The van der Waals surface area contributed by atoms with Crippen LogP contribution in [0.2, 0.25) is 0 Å². The molecule has 0 aromatic carbocycles. The van der Waals surface area contributed by atoms with Crippen molar-refractivity contribution in [1.82, 2.24) is 20.9 Å². The molecular formula is C21H46IN5O2. The van der Waals surface area contributed by atoms with Gasteiger partial charge in [0.1, 0.15) is 5.60 Å². The van der Waals surface area contributed by atoms with Crippen molar-refractivity contribution in [3.63, 3.8) is 0 Å². The first-order valence-corrected chi connectivity index (χ1v) is 10.6. The standard InChI is InChI=1S/C21H45N5O2.HI/c1-9-22-18(23-15-13-11-10-12-14-16-26(7)8)24-17-21(5,6)25-19(27)28-20(2,3)4;/h9-17H2,1-8H3,(H,25,27)(H2,22,23,24);1H. The second-order valence-corrected chi connectivity index (χ2v) is 9.20. The number of nitrogens with one attached hydrogen (secondary N) is 3. The molecule has 0 radical (unpaired) electrons. The van der Waals surface area contributed by atoms with E-state index >= 15 is 0 Å². The molecule has 0 saturated carbocycles. The number of unbranched alkanes of at least 4 members (excludes halogenated alkanes) is 4. The molecule has 7 nitrogen and oxygen atoms in total. The third-order valence-electron chi connectivity index (χ3n) is 3.89. The molecule has 0 rings (SSSR count). The normalized spacial score (nSPS) is 12.4. The summed E-state index contributed by atoms with van der Waals surface area (Å²) in [7, 11) is 4.24. The maximum Gasteiger partial charge on any atom is 0.408 e. The number of carbonyl (C=O) groups excluding carboxylic acids is 1. The summed E-state index contributed by atoms with van der Waals surface area (Å²) in [5.41, 5.74) is -0.997. The van der Waals surface area contributed by atoms with Crippen LogP contribution in [0.5, 0.6) is 0 Å². The zero-order valence-corrected chi connectivity index (χ0v) is 22.3. The third-order valence-corrected chi connectivity index (χ3v) is 3.89. The molecule has 29 heavy (non-hydrogen) atoms. The van der Waals surface area contributed by atoms with E-state index in [0.29, 0.717) is 6.54 Å². The zero-order valence-electron chi connectivity index (χ0n) is 20.0. The quantitative estimate of drug-likeness (QED) is 0.155. The molecule has 0 spiro atoms. The van der Waals surface area contributed by atoms with Gasteiger partial charge in [-0.1, -0.05) is 19.3 Å². The number of hydrogen-bond donors (Lipinski definition) is 3. The van der Waals surface area contributed by atoms with Gasteiger partial charge in [-0.2, -0.15) is 0 Å². The predicted octanol–water partition coefficient (Wildman–Crippen LogP) is 3.97. The molecule has 8 heteroatoms. The second kappa shape index (κ2) is 16.0. The van der Waals surface area contributed by atoms with Crippen LogP contribution in [0.25, 0.3) is 0 Å². The summed E-state index contributed by atoms with van der Waals surface area (Å²) < 4.78 is 5.33. The minimum absolute atomic E-state index is 0. The third kappa shape index (κ3) is 20.3. The van der Waals surface area contributed by atoms with E-state index in [-0.39, 0.29) is 24.0 Å². The average molecular weight is 528 g/mol. The average Bonchev–Trinajstić information content (AvgIpc) is 2.52. The smallest absolute Gasteiger partial charge is 0.408 e. The Morgan fingerprint density at radius 3 is 2.10 bits per heavy atom. The van der Waals surface area contributed by atoms with Gasteiger partial charge >= 0.3 is 6.09 Å². The molecule has 0 atom stereocenters. The number of amides is 1. The Kier molecular flexibility index (Phi) is 16.8. The van der Waals surface area contributed by atoms with Crippen LogP contribution in [0.4, 0.5) is 4.79 Å². The van der Waals surface area contributed by atoms with Gasteiger partial charge in [-0.15, -0.1) is 24.0 Å². The van der Waals surface area contributed by atoms with Crippen LogP contribution >= 0.6 is 24.0 Å². The summed E-state index contributed by atoms with van der Waals surface area (Å²) >= 11 is 0. The first-order chi connectivity index (χ1) is 12.9. The van der Waals surface area contributed by atoms with E-state index in [4.69, 9.17) is 4.74 Å². The maximum absolute atomic E-state index is 12.0.